The van der Waals surface area contributed by atoms with Crippen molar-refractivity contribution in [1.29, 1.82) is 0 Å². The number of pyridine rings is 1. The van der Waals surface area contributed by atoms with Gasteiger partial charge in [-0.15, -0.1) is 0 Å². The van der Waals surface area contributed by atoms with Gasteiger partial charge in [-0.3, -0.25) is 4.79 Å². The first-order chi connectivity index (χ1) is 9.12. The Labute approximate surface area is 122 Å². The van der Waals surface area contributed by atoms with Gasteiger partial charge in [-0.05, 0) is 26.8 Å². The van der Waals surface area contributed by atoms with Crippen LogP contribution in [0.5, 0.6) is 0 Å². The van der Waals surface area contributed by atoms with Gasteiger partial charge in [0.2, 0.25) is 10.0 Å². The molecule has 1 aliphatic rings. The minimum atomic E-state index is -3.71. The number of hydrogen-bond acceptors (Lipinski definition) is 4. The quantitative estimate of drug-likeness (QED) is 0.888. The van der Waals surface area contributed by atoms with Crippen LogP contribution in [0.3, 0.4) is 0 Å². The molecule has 1 aliphatic heterocycles. The maximum absolute atomic E-state index is 12.6. The Hall–Kier alpha value is -0.890. The molecule has 1 unspecified atom stereocenters. The third kappa shape index (κ3) is 3.06. The van der Waals surface area contributed by atoms with Crippen molar-refractivity contribution in [3.63, 3.8) is 0 Å². The molecule has 0 aromatic carbocycles. The summed E-state index contributed by atoms with van der Waals surface area (Å²) in [4.78, 5) is 13.5. The second-order valence-corrected chi connectivity index (χ2v) is 7.84. The molecule has 1 N–H and O–H groups in total. The molecule has 20 heavy (non-hydrogen) atoms. The van der Waals surface area contributed by atoms with Crippen LogP contribution in [0.1, 0.15) is 20.8 Å². The zero-order valence-corrected chi connectivity index (χ0v) is 13.1. The van der Waals surface area contributed by atoms with Crippen molar-refractivity contribution in [3.8, 4) is 0 Å². The van der Waals surface area contributed by atoms with E-state index >= 15 is 0 Å². The SMILES string of the molecule is CC1CN(S(=O)(=O)c2c[nH]c(=O)c(Cl)c2)CC(C)(C)O1. The summed E-state index contributed by atoms with van der Waals surface area (Å²) in [7, 11) is -3.71. The van der Waals surface area contributed by atoms with E-state index in [0.29, 0.717) is 0 Å². The van der Waals surface area contributed by atoms with Crippen LogP contribution in [0.15, 0.2) is 22.0 Å². The van der Waals surface area contributed by atoms with Gasteiger partial charge >= 0.3 is 0 Å². The summed E-state index contributed by atoms with van der Waals surface area (Å²) in [6.45, 7) is 6.01. The van der Waals surface area contributed by atoms with E-state index in [9.17, 15) is 13.2 Å². The van der Waals surface area contributed by atoms with E-state index in [-0.39, 0.29) is 29.1 Å². The number of ether oxygens (including phenoxy) is 1. The number of sulfonamides is 1. The monoisotopic (exact) mass is 320 g/mol. The molecule has 1 aromatic rings. The zero-order chi connectivity index (χ0) is 15.1. The normalized spacial score (nSPS) is 23.7. The van der Waals surface area contributed by atoms with Crippen molar-refractivity contribution in [3.05, 3.63) is 27.6 Å². The molecule has 112 valence electrons. The Morgan fingerprint density at radius 2 is 2.15 bits per heavy atom. The average Bonchev–Trinajstić information content (AvgIpc) is 2.30. The second kappa shape index (κ2) is 5.14. The summed E-state index contributed by atoms with van der Waals surface area (Å²) in [6.07, 6.45) is 0.961. The summed E-state index contributed by atoms with van der Waals surface area (Å²) < 4.78 is 32.2. The molecule has 2 heterocycles. The van der Waals surface area contributed by atoms with Crippen LogP contribution in [0.2, 0.25) is 5.02 Å². The summed E-state index contributed by atoms with van der Waals surface area (Å²) >= 11 is 5.69. The second-order valence-electron chi connectivity index (χ2n) is 5.50. The lowest BCUT2D eigenvalue weighted by Gasteiger charge is -2.40. The number of morpholine rings is 1. The maximum atomic E-state index is 12.6. The molecule has 6 nitrogen and oxygen atoms in total. The van der Waals surface area contributed by atoms with Gasteiger partial charge in [-0.2, -0.15) is 4.31 Å². The number of aromatic nitrogens is 1. The number of nitrogens with one attached hydrogen (secondary N) is 1. The minimum absolute atomic E-state index is 0.0213. The summed E-state index contributed by atoms with van der Waals surface area (Å²) in [5.74, 6) is 0. The number of halogens is 1. The van der Waals surface area contributed by atoms with E-state index in [2.05, 4.69) is 4.98 Å². The lowest BCUT2D eigenvalue weighted by molar-refractivity contribution is -0.109. The largest absolute Gasteiger partial charge is 0.370 e. The molecule has 8 heteroatoms. The molecule has 1 fully saturated rings. The van der Waals surface area contributed by atoms with E-state index in [1.807, 2.05) is 20.8 Å². The van der Waals surface area contributed by atoms with Gasteiger partial charge < -0.3 is 9.72 Å². The highest BCUT2D eigenvalue weighted by atomic mass is 35.5. The first-order valence-electron chi connectivity index (χ1n) is 6.18. The number of rotatable bonds is 2. The third-order valence-corrected chi connectivity index (χ3v) is 5.08. The van der Waals surface area contributed by atoms with Crippen molar-refractivity contribution in [2.75, 3.05) is 13.1 Å². The van der Waals surface area contributed by atoms with Crippen molar-refractivity contribution in [2.24, 2.45) is 0 Å². The molecule has 0 bridgehead atoms. The van der Waals surface area contributed by atoms with E-state index in [4.69, 9.17) is 16.3 Å². The molecule has 0 aliphatic carbocycles. The first-order valence-corrected chi connectivity index (χ1v) is 8.00. The average molecular weight is 321 g/mol. The molecule has 1 saturated heterocycles. The Bertz CT molecular complexity index is 668. The fraction of sp³-hybridized carbons (Fsp3) is 0.583. The molecule has 0 spiro atoms. The Morgan fingerprint density at radius 3 is 2.70 bits per heavy atom. The molecular formula is C12H17ClN2O4S. The maximum Gasteiger partial charge on any atom is 0.266 e. The Morgan fingerprint density at radius 1 is 1.50 bits per heavy atom. The first kappa shape index (κ1) is 15.5. The molecule has 1 aromatic heterocycles. The predicted molar refractivity (Wildman–Crippen MR) is 75.5 cm³/mol. The van der Waals surface area contributed by atoms with E-state index < -0.39 is 21.2 Å². The fourth-order valence-electron chi connectivity index (χ4n) is 2.31. The van der Waals surface area contributed by atoms with Crippen LogP contribution < -0.4 is 5.56 Å². The van der Waals surface area contributed by atoms with E-state index in [1.54, 1.807) is 0 Å². The van der Waals surface area contributed by atoms with Crippen LogP contribution in [-0.2, 0) is 14.8 Å². The van der Waals surface area contributed by atoms with E-state index in [0.717, 1.165) is 6.20 Å². The van der Waals surface area contributed by atoms with Gasteiger partial charge in [0.1, 0.15) is 5.02 Å². The molecule has 0 radical (unpaired) electrons. The number of nitrogens with zero attached hydrogens (tertiary/aromatic N) is 1. The summed E-state index contributed by atoms with van der Waals surface area (Å²) in [6, 6.07) is 1.17. The van der Waals surface area contributed by atoms with E-state index in [1.165, 1.54) is 10.4 Å². The smallest absolute Gasteiger partial charge is 0.266 e. The van der Waals surface area contributed by atoms with Crippen molar-refractivity contribution < 1.29 is 13.2 Å². The highest BCUT2D eigenvalue weighted by Crippen LogP contribution is 2.26. The van der Waals surface area contributed by atoms with Crippen molar-refractivity contribution in [2.45, 2.75) is 37.4 Å². The number of hydrogen-bond donors (Lipinski definition) is 1. The fourth-order valence-corrected chi connectivity index (χ4v) is 4.21. The molecule has 1 atom stereocenters. The highest BCUT2D eigenvalue weighted by molar-refractivity contribution is 7.89. The lowest BCUT2D eigenvalue weighted by atomic mass is 10.1. The third-order valence-electron chi connectivity index (χ3n) is 3.01. The summed E-state index contributed by atoms with van der Waals surface area (Å²) in [5.41, 5.74) is -1.07. The standard InChI is InChI=1S/C12H17ClN2O4S/c1-8-6-15(7-12(2,3)19-8)20(17,18)9-4-10(13)11(16)14-5-9/h4-5,8H,6-7H2,1-3H3,(H,14,16). The topological polar surface area (TPSA) is 79.5 Å². The molecule has 0 saturated carbocycles. The van der Waals surface area contributed by atoms with Crippen LogP contribution in [-0.4, -0.2) is 42.5 Å². The zero-order valence-electron chi connectivity index (χ0n) is 11.5. The number of H-pyrrole nitrogens is 1. The van der Waals surface area contributed by atoms with Gasteiger partial charge in [-0.25, -0.2) is 8.42 Å². The van der Waals surface area contributed by atoms with Crippen molar-refractivity contribution >= 4 is 21.6 Å². The van der Waals surface area contributed by atoms with Crippen molar-refractivity contribution in [1.82, 2.24) is 9.29 Å². The van der Waals surface area contributed by atoms with Gasteiger partial charge in [0, 0.05) is 19.3 Å². The van der Waals surface area contributed by atoms with Crippen LogP contribution in [0.4, 0.5) is 0 Å². The molecule has 2 rings (SSSR count). The van der Waals surface area contributed by atoms with Crippen LogP contribution in [0.25, 0.3) is 0 Å². The highest BCUT2D eigenvalue weighted by Gasteiger charge is 2.38. The predicted octanol–water partition coefficient (Wildman–Crippen LogP) is 1.22. The Balaban J connectivity index is 2.39. The van der Waals surface area contributed by atoms with Gasteiger partial charge in [0.05, 0.1) is 16.6 Å². The molecule has 0 amide bonds. The summed E-state index contributed by atoms with van der Waals surface area (Å²) in [5, 5.41) is -0.147. The molecular weight excluding hydrogens is 304 g/mol. The van der Waals surface area contributed by atoms with Gasteiger partial charge in [0.25, 0.3) is 5.56 Å². The Kier molecular flexibility index (Phi) is 3.98. The van der Waals surface area contributed by atoms with Crippen LogP contribution >= 0.6 is 11.6 Å². The number of aromatic amines is 1. The van der Waals surface area contributed by atoms with Gasteiger partial charge in [0.15, 0.2) is 0 Å². The lowest BCUT2D eigenvalue weighted by Crippen LogP contribution is -2.53. The van der Waals surface area contributed by atoms with Gasteiger partial charge in [-0.1, -0.05) is 11.6 Å². The minimum Gasteiger partial charge on any atom is -0.370 e. The van der Waals surface area contributed by atoms with Crippen LogP contribution in [0, 0.1) is 0 Å².